The molecule has 0 radical (unpaired) electrons. The molecule has 27 heavy (non-hydrogen) atoms. The number of carbonyl (C=O) groups is 2. The molecule has 0 bridgehead atoms. The summed E-state index contributed by atoms with van der Waals surface area (Å²) in [6, 6.07) is 16.3. The summed E-state index contributed by atoms with van der Waals surface area (Å²) in [6.07, 6.45) is 1.55. The second-order valence-corrected chi connectivity index (χ2v) is 5.85. The van der Waals surface area contributed by atoms with Crippen LogP contribution < -0.4 is 4.74 Å². The first-order valence-electron chi connectivity index (χ1n) is 8.59. The molecule has 138 valence electrons. The monoisotopic (exact) mass is 364 g/mol. The van der Waals surface area contributed by atoms with Crippen LogP contribution in [0.15, 0.2) is 60.8 Å². The van der Waals surface area contributed by atoms with Crippen molar-refractivity contribution >= 4 is 11.8 Å². The lowest BCUT2D eigenvalue weighted by Crippen LogP contribution is -2.11. The smallest absolute Gasteiger partial charge is 0.342 e. The van der Waals surface area contributed by atoms with Crippen molar-refractivity contribution in [2.24, 2.45) is 0 Å². The number of hydrogen-bond donors (Lipinski definition) is 0. The summed E-state index contributed by atoms with van der Waals surface area (Å²) in [5, 5.41) is 4.36. The number of esters is 1. The van der Waals surface area contributed by atoms with Crippen LogP contribution in [-0.2, 0) is 11.3 Å². The summed E-state index contributed by atoms with van der Waals surface area (Å²) in [5.41, 5.74) is 1.69. The van der Waals surface area contributed by atoms with Crippen molar-refractivity contribution in [2.75, 3.05) is 13.7 Å². The first-order valence-corrected chi connectivity index (χ1v) is 8.59. The molecule has 6 nitrogen and oxygen atoms in total. The highest BCUT2D eigenvalue weighted by atomic mass is 16.5. The first kappa shape index (κ1) is 18.4. The van der Waals surface area contributed by atoms with Crippen molar-refractivity contribution in [3.8, 4) is 5.75 Å². The number of aromatic nitrogens is 2. The number of methoxy groups -OCH3 is 1. The summed E-state index contributed by atoms with van der Waals surface area (Å²) in [6.45, 7) is 2.36. The van der Waals surface area contributed by atoms with Gasteiger partial charge >= 0.3 is 5.97 Å². The standard InChI is InChI=1S/C21H20N2O4/c1-3-27-21(25)18-14-23(13-15-9-11-17(26-2)12-10-15)22-19(18)20(24)16-7-5-4-6-8-16/h4-12,14H,3,13H2,1-2H3. The molecule has 3 aromatic rings. The molecule has 0 saturated heterocycles. The lowest BCUT2D eigenvalue weighted by atomic mass is 10.1. The molecule has 0 aliphatic carbocycles. The molecular weight excluding hydrogens is 344 g/mol. The van der Waals surface area contributed by atoms with Crippen LogP contribution in [0.2, 0.25) is 0 Å². The molecule has 0 atom stereocenters. The van der Waals surface area contributed by atoms with Gasteiger partial charge in [-0.25, -0.2) is 4.79 Å². The van der Waals surface area contributed by atoms with Gasteiger partial charge in [-0.1, -0.05) is 42.5 Å². The van der Waals surface area contributed by atoms with E-state index in [4.69, 9.17) is 9.47 Å². The molecular formula is C21H20N2O4. The molecule has 0 saturated carbocycles. The Labute approximate surface area is 157 Å². The van der Waals surface area contributed by atoms with Crippen LogP contribution in [0.3, 0.4) is 0 Å². The summed E-state index contributed by atoms with van der Waals surface area (Å²) >= 11 is 0. The maximum Gasteiger partial charge on any atom is 0.342 e. The Morgan fingerprint density at radius 3 is 2.37 bits per heavy atom. The van der Waals surface area contributed by atoms with Gasteiger partial charge in [0, 0.05) is 11.8 Å². The fraction of sp³-hybridized carbons (Fsp3) is 0.190. The minimum atomic E-state index is -0.558. The van der Waals surface area contributed by atoms with E-state index < -0.39 is 5.97 Å². The van der Waals surface area contributed by atoms with Crippen molar-refractivity contribution in [3.05, 3.63) is 83.2 Å². The first-order chi connectivity index (χ1) is 13.1. The Bertz CT molecular complexity index is 931. The third-order valence-electron chi connectivity index (χ3n) is 4.01. The fourth-order valence-electron chi connectivity index (χ4n) is 2.67. The van der Waals surface area contributed by atoms with Crippen molar-refractivity contribution in [1.82, 2.24) is 9.78 Å². The van der Waals surface area contributed by atoms with E-state index in [9.17, 15) is 9.59 Å². The topological polar surface area (TPSA) is 70.4 Å². The highest BCUT2D eigenvalue weighted by Gasteiger charge is 2.24. The second-order valence-electron chi connectivity index (χ2n) is 5.85. The van der Waals surface area contributed by atoms with Crippen LogP contribution in [0.5, 0.6) is 5.75 Å². The van der Waals surface area contributed by atoms with E-state index in [1.54, 1.807) is 49.2 Å². The van der Waals surface area contributed by atoms with Gasteiger partial charge < -0.3 is 9.47 Å². The highest BCUT2D eigenvalue weighted by Crippen LogP contribution is 2.17. The predicted molar refractivity (Wildman–Crippen MR) is 100 cm³/mol. The summed E-state index contributed by atoms with van der Waals surface area (Å²) in [5.74, 6) is -0.115. The van der Waals surface area contributed by atoms with Gasteiger partial charge in [0.15, 0.2) is 0 Å². The average molecular weight is 364 g/mol. The van der Waals surface area contributed by atoms with Gasteiger partial charge in [-0.15, -0.1) is 0 Å². The Morgan fingerprint density at radius 2 is 1.74 bits per heavy atom. The zero-order valence-electron chi connectivity index (χ0n) is 15.2. The van der Waals surface area contributed by atoms with E-state index in [2.05, 4.69) is 5.10 Å². The van der Waals surface area contributed by atoms with Gasteiger partial charge in [-0.3, -0.25) is 9.48 Å². The van der Waals surface area contributed by atoms with Gasteiger partial charge in [-0.2, -0.15) is 5.10 Å². The lowest BCUT2D eigenvalue weighted by molar-refractivity contribution is 0.0523. The van der Waals surface area contributed by atoms with Crippen molar-refractivity contribution in [2.45, 2.75) is 13.5 Å². The number of ether oxygens (including phenoxy) is 2. The van der Waals surface area contributed by atoms with Crippen molar-refractivity contribution in [1.29, 1.82) is 0 Å². The largest absolute Gasteiger partial charge is 0.497 e. The molecule has 6 heteroatoms. The third kappa shape index (κ3) is 4.23. The summed E-state index contributed by atoms with van der Waals surface area (Å²) in [7, 11) is 1.61. The van der Waals surface area contributed by atoms with Crippen molar-refractivity contribution < 1.29 is 19.1 Å². The lowest BCUT2D eigenvalue weighted by Gasteiger charge is -2.03. The molecule has 0 spiro atoms. The minimum Gasteiger partial charge on any atom is -0.497 e. The zero-order valence-corrected chi connectivity index (χ0v) is 15.2. The second kappa shape index (κ2) is 8.31. The minimum absolute atomic E-state index is 0.0909. The van der Waals surface area contributed by atoms with Gasteiger partial charge in [-0.05, 0) is 24.6 Å². The Kier molecular flexibility index (Phi) is 5.66. The van der Waals surface area contributed by atoms with E-state index in [0.29, 0.717) is 12.1 Å². The molecule has 0 fully saturated rings. The van der Waals surface area contributed by atoms with Crippen LogP contribution in [0.4, 0.5) is 0 Å². The van der Waals surface area contributed by atoms with Crippen LogP contribution in [-0.4, -0.2) is 35.2 Å². The van der Waals surface area contributed by atoms with Crippen molar-refractivity contribution in [3.63, 3.8) is 0 Å². The van der Waals surface area contributed by atoms with E-state index in [1.807, 2.05) is 30.3 Å². The van der Waals surface area contributed by atoms with Crippen LogP contribution in [0.1, 0.15) is 38.9 Å². The Hall–Kier alpha value is -3.41. The number of ketones is 1. The number of nitrogens with zero attached hydrogens (tertiary/aromatic N) is 2. The Morgan fingerprint density at radius 1 is 1.04 bits per heavy atom. The molecule has 3 rings (SSSR count). The van der Waals surface area contributed by atoms with E-state index in [-0.39, 0.29) is 23.6 Å². The normalized spacial score (nSPS) is 10.4. The van der Waals surface area contributed by atoms with E-state index >= 15 is 0 Å². The maximum absolute atomic E-state index is 12.8. The molecule has 0 aliphatic heterocycles. The summed E-state index contributed by atoms with van der Waals surface area (Å²) in [4.78, 5) is 25.1. The van der Waals surface area contributed by atoms with Gasteiger partial charge in [0.2, 0.25) is 5.78 Å². The highest BCUT2D eigenvalue weighted by molar-refractivity contribution is 6.13. The maximum atomic E-state index is 12.8. The number of hydrogen-bond acceptors (Lipinski definition) is 5. The molecule has 0 unspecified atom stereocenters. The van der Waals surface area contributed by atoms with Crippen LogP contribution in [0, 0.1) is 0 Å². The molecule has 0 aliphatic rings. The average Bonchev–Trinajstić information content (AvgIpc) is 3.13. The zero-order chi connectivity index (χ0) is 19.2. The Balaban J connectivity index is 1.93. The molecule has 1 heterocycles. The number of benzene rings is 2. The molecule has 0 amide bonds. The molecule has 1 aromatic heterocycles. The van der Waals surface area contributed by atoms with Gasteiger partial charge in [0.25, 0.3) is 0 Å². The van der Waals surface area contributed by atoms with Gasteiger partial charge in [0.05, 0.1) is 20.3 Å². The molecule has 2 aromatic carbocycles. The summed E-state index contributed by atoms with van der Waals surface area (Å²) < 4.78 is 11.8. The van der Waals surface area contributed by atoms with Crippen LogP contribution >= 0.6 is 0 Å². The van der Waals surface area contributed by atoms with Crippen LogP contribution in [0.25, 0.3) is 0 Å². The van der Waals surface area contributed by atoms with E-state index in [1.165, 1.54) is 0 Å². The number of carbonyl (C=O) groups excluding carboxylic acids is 2. The molecule has 0 N–H and O–H groups in total. The predicted octanol–water partition coefficient (Wildman–Crippen LogP) is 3.35. The van der Waals surface area contributed by atoms with Gasteiger partial charge in [0.1, 0.15) is 17.0 Å². The SMILES string of the molecule is CCOC(=O)c1cn(Cc2ccc(OC)cc2)nc1C(=O)c1ccccc1. The quantitative estimate of drug-likeness (QED) is 0.475. The number of rotatable bonds is 7. The fourth-order valence-corrected chi connectivity index (χ4v) is 2.67. The van der Waals surface area contributed by atoms with E-state index in [0.717, 1.165) is 11.3 Å². The third-order valence-corrected chi connectivity index (χ3v) is 4.01.